The second-order valence-electron chi connectivity index (χ2n) is 35.7. The van der Waals surface area contributed by atoms with Crippen molar-refractivity contribution in [3.05, 3.63) is 521 Å². The van der Waals surface area contributed by atoms with Crippen molar-refractivity contribution in [2.24, 2.45) is 0 Å². The smallest absolute Gasteiger partial charge is 0.159 e. The molecule has 1 aromatic heterocycles. The largest absolute Gasteiger partial charge is 0.456 e. The summed E-state index contributed by atoms with van der Waals surface area (Å²) >= 11 is 0. The summed E-state index contributed by atoms with van der Waals surface area (Å²) in [7, 11) is 0. The molecular formula is C132H85FN4O3. The van der Waals surface area contributed by atoms with Crippen molar-refractivity contribution in [2.45, 2.75) is 0 Å². The number of rotatable bonds is 17. The van der Waals surface area contributed by atoms with Crippen LogP contribution in [0.25, 0.3) is 164 Å². The summed E-state index contributed by atoms with van der Waals surface area (Å²) in [5.41, 5.74) is 28.2. The molecule has 2 aliphatic rings. The maximum absolute atomic E-state index is 17.1. The van der Waals surface area contributed by atoms with E-state index in [0.717, 1.165) is 201 Å². The molecule has 3 heterocycles. The molecule has 0 atom stereocenters. The summed E-state index contributed by atoms with van der Waals surface area (Å²) in [6.07, 6.45) is 0. The number of nitrogens with zero attached hydrogens (tertiary/aromatic N) is 4. The molecule has 0 saturated carbocycles. The first kappa shape index (κ1) is 82.1. The molecule has 140 heavy (non-hydrogen) atoms. The molecule has 0 aliphatic carbocycles. The highest BCUT2D eigenvalue weighted by Gasteiger charge is 2.32. The second kappa shape index (κ2) is 34.7. The third-order valence-corrected chi connectivity index (χ3v) is 27.7. The Morgan fingerprint density at radius 1 is 0.164 bits per heavy atom. The number of fused-ring (bicyclic) bond motifs is 15. The SMILES string of the molecule is Fc1cc(-c2ccccc2)cc(-c2ccccc2)c1N(c1ccccc1)c1ccc(-c2ccc3c(c2)Oc2cccc4c2c-3cc2c3ccccc3c(N(c3ccccc3)c3ccccc3)cc42)cc1.c1ccc(-c2ccccc2N(c2ccccc2)c2ccc(-c3ccc4c(c3)Oc3cccc5c3c-4cc3c4ccccc4c(N(c4ccccc4)c4cccc6c4oc4ccccc46)cc53)cc2)cc1. The van der Waals surface area contributed by atoms with Gasteiger partial charge in [0.05, 0.1) is 28.4 Å². The van der Waals surface area contributed by atoms with Gasteiger partial charge in [0.25, 0.3) is 0 Å². The molecule has 658 valence electrons. The van der Waals surface area contributed by atoms with Crippen LogP contribution in [0.4, 0.5) is 72.6 Å². The van der Waals surface area contributed by atoms with Gasteiger partial charge in [-0.3, -0.25) is 0 Å². The minimum absolute atomic E-state index is 0.308. The molecule has 0 N–H and O–H groups in total. The molecule has 2 aliphatic heterocycles. The lowest BCUT2D eigenvalue weighted by Crippen LogP contribution is -2.13. The van der Waals surface area contributed by atoms with E-state index in [1.807, 2.05) is 102 Å². The van der Waals surface area contributed by atoms with E-state index in [4.69, 9.17) is 13.9 Å². The number of halogens is 1. The average Bonchev–Trinajstić information content (AvgIpc) is 0.825. The molecule has 7 nitrogen and oxygen atoms in total. The minimum Gasteiger partial charge on any atom is -0.456 e. The van der Waals surface area contributed by atoms with Crippen LogP contribution in [0.3, 0.4) is 0 Å². The van der Waals surface area contributed by atoms with Gasteiger partial charge in [-0.1, -0.05) is 340 Å². The zero-order valence-corrected chi connectivity index (χ0v) is 76.0. The standard InChI is InChI=1S/C66H43FN2O.C66H42N2O2/c67-61-40-48(44-19-6-1-7-20-44)39-57(46-21-8-2-9-22-46)66(61)69(51-27-14-5-15-28-51)52-36-33-45(34-37-52)47-35-38-55-60-42-58-53-29-16-17-30-54(53)62(68(49-23-10-3-11-24-49)50-25-12-4-13-26-50)43-59(58)56-31-18-32-63(65(56)60)70-64(55)41-47;1-4-18-44(19-5-1)49-24-12-14-30-59(49)67(46-20-6-2-7-21-46)48-37-34-43(35-38-48)45-36-39-53-58-41-56-50-25-10-11-26-51(50)61(42-57(56)54-28-17-33-63(65(54)58)69-64(53)40-45)68(47-22-8-3-9-23-47)60-31-16-29-55-52-27-13-15-32-62(52)70-66(55)60/h1-43H;1-42H. The molecule has 0 unspecified atom stereocenters. The van der Waals surface area contributed by atoms with E-state index in [9.17, 15) is 0 Å². The number of anilines is 12. The first-order valence-corrected chi connectivity index (χ1v) is 47.5. The van der Waals surface area contributed by atoms with E-state index >= 15 is 4.39 Å². The van der Waals surface area contributed by atoms with E-state index in [2.05, 4.69) is 427 Å². The molecule has 0 saturated heterocycles. The van der Waals surface area contributed by atoms with Crippen molar-refractivity contribution in [2.75, 3.05) is 19.6 Å². The zero-order valence-electron chi connectivity index (χ0n) is 76.0. The van der Waals surface area contributed by atoms with Crippen LogP contribution >= 0.6 is 0 Å². The number of benzene rings is 24. The van der Waals surface area contributed by atoms with Gasteiger partial charge in [-0.05, 0) is 275 Å². The fourth-order valence-corrected chi connectivity index (χ4v) is 21.3. The predicted molar refractivity (Wildman–Crippen MR) is 582 cm³/mol. The van der Waals surface area contributed by atoms with Gasteiger partial charge < -0.3 is 33.5 Å². The normalized spacial score (nSPS) is 11.7. The molecule has 0 fully saturated rings. The molecule has 0 bridgehead atoms. The lowest BCUT2D eigenvalue weighted by atomic mass is 9.87. The summed E-state index contributed by atoms with van der Waals surface area (Å²) in [6, 6.07) is 181. The van der Waals surface area contributed by atoms with Gasteiger partial charge in [0.1, 0.15) is 34.4 Å². The lowest BCUT2D eigenvalue weighted by molar-refractivity contribution is 0.487. The Balaban J connectivity index is 0.000000144. The third-order valence-electron chi connectivity index (χ3n) is 27.7. The zero-order chi connectivity index (χ0) is 92.7. The molecule has 24 aromatic carbocycles. The highest BCUT2D eigenvalue weighted by Crippen LogP contribution is 2.57. The van der Waals surface area contributed by atoms with Crippen molar-refractivity contribution in [3.63, 3.8) is 0 Å². The van der Waals surface area contributed by atoms with Gasteiger partial charge in [0.2, 0.25) is 0 Å². The molecule has 0 radical (unpaired) electrons. The van der Waals surface area contributed by atoms with E-state index in [1.165, 1.54) is 49.0 Å². The van der Waals surface area contributed by atoms with Crippen LogP contribution in [-0.2, 0) is 0 Å². The van der Waals surface area contributed by atoms with Gasteiger partial charge in [-0.15, -0.1) is 0 Å². The molecular weight excluding hydrogens is 1710 g/mol. The Morgan fingerprint density at radius 2 is 0.507 bits per heavy atom. The van der Waals surface area contributed by atoms with Gasteiger partial charge in [-0.25, -0.2) is 4.39 Å². The summed E-state index contributed by atoms with van der Waals surface area (Å²) in [4.78, 5) is 9.10. The fraction of sp³-hybridized carbons (Fsp3) is 0. The van der Waals surface area contributed by atoms with Gasteiger partial charge >= 0.3 is 0 Å². The number of hydrogen-bond donors (Lipinski definition) is 0. The van der Waals surface area contributed by atoms with Crippen molar-refractivity contribution in [3.8, 4) is 101 Å². The Kier molecular flexibility index (Phi) is 20.3. The number of para-hydroxylation sites is 8. The summed E-state index contributed by atoms with van der Waals surface area (Å²) in [6.45, 7) is 0. The molecule has 25 aromatic rings. The number of ether oxygens (including phenoxy) is 2. The first-order valence-electron chi connectivity index (χ1n) is 47.5. The van der Waals surface area contributed by atoms with E-state index < -0.39 is 0 Å². The van der Waals surface area contributed by atoms with Crippen molar-refractivity contribution in [1.82, 2.24) is 0 Å². The topological polar surface area (TPSA) is 44.6 Å². The van der Waals surface area contributed by atoms with Crippen LogP contribution < -0.4 is 29.1 Å². The molecule has 27 rings (SSSR count). The van der Waals surface area contributed by atoms with Gasteiger partial charge in [-0.2, -0.15) is 0 Å². The van der Waals surface area contributed by atoms with Crippen LogP contribution in [-0.4, -0.2) is 0 Å². The van der Waals surface area contributed by atoms with Crippen molar-refractivity contribution < 1.29 is 18.3 Å². The first-order chi connectivity index (χ1) is 69.4. The monoisotopic (exact) mass is 1790 g/mol. The summed E-state index contributed by atoms with van der Waals surface area (Å²) < 4.78 is 37.6. The summed E-state index contributed by atoms with van der Waals surface area (Å²) in [5.74, 6) is 3.03. The lowest BCUT2D eigenvalue weighted by Gasteiger charge is -2.29. The van der Waals surface area contributed by atoms with Gasteiger partial charge in [0, 0.05) is 94.4 Å². The molecule has 0 amide bonds. The van der Waals surface area contributed by atoms with Crippen LogP contribution in [0.5, 0.6) is 23.0 Å². The van der Waals surface area contributed by atoms with E-state index in [1.54, 1.807) is 6.07 Å². The van der Waals surface area contributed by atoms with Crippen LogP contribution in [0, 0.1) is 5.82 Å². The van der Waals surface area contributed by atoms with Crippen molar-refractivity contribution in [1.29, 1.82) is 0 Å². The maximum Gasteiger partial charge on any atom is 0.159 e. The third kappa shape index (κ3) is 14.4. The molecule has 8 heteroatoms. The summed E-state index contributed by atoms with van der Waals surface area (Å²) in [5, 5.41) is 16.1. The van der Waals surface area contributed by atoms with Crippen LogP contribution in [0.15, 0.2) is 520 Å². The number of furan rings is 1. The number of hydrogen-bond acceptors (Lipinski definition) is 7. The van der Waals surface area contributed by atoms with E-state index in [0.29, 0.717) is 5.69 Å². The van der Waals surface area contributed by atoms with E-state index in [-0.39, 0.29) is 5.82 Å². The minimum atomic E-state index is -0.308. The fourth-order valence-electron chi connectivity index (χ4n) is 21.3. The average molecular weight is 1790 g/mol. The van der Waals surface area contributed by atoms with Gasteiger partial charge in [0.15, 0.2) is 5.58 Å². The van der Waals surface area contributed by atoms with Crippen LogP contribution in [0.1, 0.15) is 0 Å². The highest BCUT2D eigenvalue weighted by atomic mass is 19.1. The Bertz CT molecular complexity index is 9070. The van der Waals surface area contributed by atoms with Crippen LogP contribution in [0.2, 0.25) is 0 Å². The Morgan fingerprint density at radius 3 is 1.01 bits per heavy atom. The highest BCUT2D eigenvalue weighted by molar-refractivity contribution is 6.28. The maximum atomic E-state index is 17.1. The quantitative estimate of drug-likeness (QED) is 0.0842. The predicted octanol–water partition coefficient (Wildman–Crippen LogP) is 38.1. The Labute approximate surface area is 809 Å². The second-order valence-corrected chi connectivity index (χ2v) is 35.7. The van der Waals surface area contributed by atoms with Crippen molar-refractivity contribution >= 4 is 155 Å². The molecule has 0 spiro atoms. The Hall–Kier alpha value is -18.6.